The number of alkyl halides is 2. The average Bonchev–Trinajstić information content (AvgIpc) is 3.17. The summed E-state index contributed by atoms with van der Waals surface area (Å²) in [4.78, 5) is 4.79. The lowest BCUT2D eigenvalue weighted by atomic mass is 9.69. The van der Waals surface area contributed by atoms with Crippen LogP contribution in [0.4, 0.5) is 4.39 Å². The van der Waals surface area contributed by atoms with Gasteiger partial charge in [-0.1, -0.05) is 12.2 Å². The number of hydrogen-bond acceptors (Lipinski definition) is 3. The zero-order chi connectivity index (χ0) is 16.0. The minimum Gasteiger partial charge on any atom is -0.316 e. The molecule has 0 aromatic rings. The van der Waals surface area contributed by atoms with Crippen LogP contribution in [0.25, 0.3) is 0 Å². The Balaban J connectivity index is 1.45. The highest BCUT2D eigenvalue weighted by molar-refractivity contribution is 6.21. The molecule has 9 atom stereocenters. The molecular weight excluding hydrogens is 313 g/mol. The van der Waals surface area contributed by atoms with Gasteiger partial charge in [0.25, 0.3) is 0 Å². The van der Waals surface area contributed by atoms with Crippen LogP contribution in [-0.4, -0.2) is 36.5 Å². The van der Waals surface area contributed by atoms with Gasteiger partial charge >= 0.3 is 0 Å². The molecule has 23 heavy (non-hydrogen) atoms. The van der Waals surface area contributed by atoms with E-state index in [1.54, 1.807) is 0 Å². The maximum absolute atomic E-state index is 13.7. The van der Waals surface area contributed by atoms with Gasteiger partial charge < -0.3 is 11.1 Å². The van der Waals surface area contributed by atoms with E-state index in [1.807, 2.05) is 0 Å². The second kappa shape index (κ2) is 6.45. The first kappa shape index (κ1) is 16.0. The van der Waals surface area contributed by atoms with Crippen LogP contribution >= 0.6 is 11.6 Å². The van der Waals surface area contributed by atoms with E-state index in [4.69, 9.17) is 22.3 Å². The van der Waals surface area contributed by atoms with Gasteiger partial charge in [-0.15, -0.1) is 11.6 Å². The Kier molecular flexibility index (Phi) is 4.50. The summed E-state index contributed by atoms with van der Waals surface area (Å²) >= 11 is 6.20. The normalized spacial score (nSPS) is 52.7. The molecule has 0 bridgehead atoms. The Morgan fingerprint density at radius 3 is 2.78 bits per heavy atom. The van der Waals surface area contributed by atoms with Gasteiger partial charge in [-0.05, 0) is 67.9 Å². The molecule has 0 aromatic carbocycles. The van der Waals surface area contributed by atoms with Crippen molar-refractivity contribution in [1.29, 1.82) is 0 Å². The molecule has 1 saturated carbocycles. The van der Waals surface area contributed by atoms with Gasteiger partial charge in [-0.2, -0.15) is 0 Å². The number of allylic oxidation sites excluding steroid dienone is 1. The zero-order valence-corrected chi connectivity index (χ0v) is 14.2. The number of nitrogens with zero attached hydrogens (tertiary/aromatic N) is 1. The highest BCUT2D eigenvalue weighted by Gasteiger charge is 2.43. The quantitative estimate of drug-likeness (QED) is 0.600. The molecule has 2 heterocycles. The molecule has 4 aliphatic rings. The maximum atomic E-state index is 13.7. The van der Waals surface area contributed by atoms with E-state index in [0.29, 0.717) is 42.1 Å². The van der Waals surface area contributed by atoms with Crippen molar-refractivity contribution in [3.63, 3.8) is 0 Å². The number of hydrogen-bond donors (Lipinski definition) is 2. The molecule has 1 saturated heterocycles. The van der Waals surface area contributed by atoms with E-state index in [0.717, 1.165) is 32.2 Å². The number of nitrogens with one attached hydrogen (secondary N) is 1. The Morgan fingerprint density at radius 2 is 1.96 bits per heavy atom. The van der Waals surface area contributed by atoms with E-state index in [2.05, 4.69) is 23.7 Å². The second-order valence-corrected chi connectivity index (χ2v) is 8.43. The first-order valence-electron chi connectivity index (χ1n) is 9.10. The fourth-order valence-electron chi connectivity index (χ4n) is 5.24. The lowest BCUT2D eigenvalue weighted by molar-refractivity contribution is 0.157. The average molecular weight is 340 g/mol. The third-order valence-corrected chi connectivity index (χ3v) is 7.06. The van der Waals surface area contributed by atoms with Crippen LogP contribution in [0.2, 0.25) is 0 Å². The molecule has 128 valence electrons. The Labute approximate surface area is 142 Å². The summed E-state index contributed by atoms with van der Waals surface area (Å²) in [6.07, 6.45) is 10.6. The third kappa shape index (κ3) is 2.98. The van der Waals surface area contributed by atoms with E-state index in [9.17, 15) is 4.39 Å². The van der Waals surface area contributed by atoms with Crippen LogP contribution in [-0.2, 0) is 0 Å². The molecule has 0 aromatic heterocycles. The summed E-state index contributed by atoms with van der Waals surface area (Å²) in [6.45, 7) is 1.01. The van der Waals surface area contributed by atoms with Gasteiger partial charge in [0.05, 0.1) is 17.6 Å². The first-order chi connectivity index (χ1) is 11.1. The topological polar surface area (TPSA) is 50.4 Å². The van der Waals surface area contributed by atoms with Crippen molar-refractivity contribution >= 4 is 17.8 Å². The molecule has 3 nitrogen and oxygen atoms in total. The summed E-state index contributed by atoms with van der Waals surface area (Å²) in [7, 11) is 0. The van der Waals surface area contributed by atoms with Crippen LogP contribution < -0.4 is 11.1 Å². The summed E-state index contributed by atoms with van der Waals surface area (Å²) < 4.78 is 13.7. The van der Waals surface area contributed by atoms with Crippen LogP contribution in [0.5, 0.6) is 0 Å². The van der Waals surface area contributed by atoms with Crippen molar-refractivity contribution in [2.24, 2.45) is 40.3 Å². The molecule has 0 radical (unpaired) electrons. The fraction of sp³-hybridized carbons (Fsp3) is 0.833. The Bertz CT molecular complexity index is 497. The lowest BCUT2D eigenvalue weighted by Crippen LogP contribution is -2.41. The number of halogens is 2. The maximum Gasteiger partial charge on any atom is 0.116 e. The summed E-state index contributed by atoms with van der Waals surface area (Å²) in [5, 5.41) is 3.06. The minimum absolute atomic E-state index is 0.127. The highest BCUT2D eigenvalue weighted by Crippen LogP contribution is 2.44. The number of fused-ring (bicyclic) bond motifs is 1. The monoisotopic (exact) mass is 339 g/mol. The van der Waals surface area contributed by atoms with Crippen molar-refractivity contribution in [3.05, 3.63) is 12.2 Å². The van der Waals surface area contributed by atoms with Crippen molar-refractivity contribution < 1.29 is 4.39 Å². The van der Waals surface area contributed by atoms with Crippen molar-refractivity contribution in [2.75, 3.05) is 6.54 Å². The summed E-state index contributed by atoms with van der Waals surface area (Å²) in [5.74, 6) is 2.68. The van der Waals surface area contributed by atoms with E-state index in [1.165, 1.54) is 0 Å². The highest BCUT2D eigenvalue weighted by atomic mass is 35.5. The summed E-state index contributed by atoms with van der Waals surface area (Å²) in [6, 6.07) is 0.320. The number of aliphatic imine (C=N–C) groups is 1. The van der Waals surface area contributed by atoms with Gasteiger partial charge in [0, 0.05) is 6.54 Å². The molecule has 0 amide bonds. The third-order valence-electron chi connectivity index (χ3n) is 6.61. The molecule has 0 spiro atoms. The zero-order valence-electron chi connectivity index (χ0n) is 13.5. The fourth-order valence-corrected chi connectivity index (χ4v) is 5.60. The molecular formula is C18H27ClFN3. The standard InChI is InChI=1S/C18H27ClFN3/c19-15-8-11(3-4-16(15)20)17-13(5-6-22-17)10-1-2-12-9-23-18(21)14(12)7-10/h1-2,6,10-18,23H,3-5,7-9,21H2. The first-order valence-corrected chi connectivity index (χ1v) is 9.54. The largest absolute Gasteiger partial charge is 0.316 e. The molecule has 2 aliphatic carbocycles. The number of nitrogens with two attached hydrogens (primary N) is 1. The van der Waals surface area contributed by atoms with Crippen molar-refractivity contribution in [1.82, 2.24) is 5.32 Å². The van der Waals surface area contributed by atoms with E-state index in [-0.39, 0.29) is 11.5 Å². The van der Waals surface area contributed by atoms with Crippen LogP contribution in [0.1, 0.15) is 32.1 Å². The molecule has 2 aliphatic heterocycles. The van der Waals surface area contributed by atoms with Gasteiger partial charge in [0.1, 0.15) is 6.17 Å². The van der Waals surface area contributed by atoms with Crippen molar-refractivity contribution in [2.45, 2.75) is 55.9 Å². The molecule has 4 rings (SSSR count). The SMILES string of the molecule is NC1NCC2C=CC(C3CC=NC3C3CCC(F)C(Cl)C3)CC21. The van der Waals surface area contributed by atoms with Gasteiger partial charge in [-0.25, -0.2) is 4.39 Å². The number of rotatable bonds is 2. The Hall–Kier alpha value is -0.450. The summed E-state index contributed by atoms with van der Waals surface area (Å²) in [5.41, 5.74) is 6.23. The predicted molar refractivity (Wildman–Crippen MR) is 92.5 cm³/mol. The van der Waals surface area contributed by atoms with Crippen LogP contribution in [0.3, 0.4) is 0 Å². The van der Waals surface area contributed by atoms with Gasteiger partial charge in [0.15, 0.2) is 0 Å². The lowest BCUT2D eigenvalue weighted by Gasteiger charge is -2.38. The van der Waals surface area contributed by atoms with E-state index < -0.39 is 6.17 Å². The van der Waals surface area contributed by atoms with Crippen LogP contribution in [0.15, 0.2) is 17.1 Å². The Morgan fingerprint density at radius 1 is 1.13 bits per heavy atom. The van der Waals surface area contributed by atoms with Crippen LogP contribution in [0, 0.1) is 29.6 Å². The molecule has 9 unspecified atom stereocenters. The van der Waals surface area contributed by atoms with Gasteiger partial charge in [0.2, 0.25) is 0 Å². The van der Waals surface area contributed by atoms with Crippen molar-refractivity contribution in [3.8, 4) is 0 Å². The molecule has 3 N–H and O–H groups in total. The van der Waals surface area contributed by atoms with Gasteiger partial charge in [-0.3, -0.25) is 4.99 Å². The molecule has 5 heteroatoms. The van der Waals surface area contributed by atoms with E-state index >= 15 is 0 Å². The predicted octanol–water partition coefficient (Wildman–Crippen LogP) is 2.89. The second-order valence-electron chi connectivity index (χ2n) is 7.87. The minimum atomic E-state index is -0.838. The smallest absolute Gasteiger partial charge is 0.116 e. The molecule has 2 fully saturated rings.